The van der Waals surface area contributed by atoms with Gasteiger partial charge in [0, 0.05) is 27.9 Å². The largest absolute Gasteiger partial charge is 0.480 e. The highest BCUT2D eigenvalue weighted by Crippen LogP contribution is 2.29. The second-order valence-electron chi connectivity index (χ2n) is 4.30. The third kappa shape index (κ3) is 2.86. The maximum atomic E-state index is 12.0. The Morgan fingerprint density at radius 1 is 1.25 bits per heavy atom. The Bertz CT molecular complexity index is 725. The van der Waals surface area contributed by atoms with Gasteiger partial charge < -0.3 is 9.67 Å². The molecule has 1 N–H and O–H groups in total. The maximum Gasteiger partial charge on any atom is 0.326 e. The first kappa shape index (κ1) is 14.6. The van der Waals surface area contributed by atoms with Gasteiger partial charge in [-0.25, -0.2) is 4.79 Å². The molecule has 0 fully saturated rings. The lowest BCUT2D eigenvalue weighted by molar-refractivity contribution is -0.140. The summed E-state index contributed by atoms with van der Waals surface area (Å²) in [6, 6.07) is 7.01. The Kier molecular flexibility index (Phi) is 4.16. The summed E-state index contributed by atoms with van der Waals surface area (Å²) in [5.41, 5.74) is 0.816. The molecule has 4 nitrogen and oxygen atoms in total. The molecule has 1 heterocycles. The van der Waals surface area contributed by atoms with Gasteiger partial charge in [0.2, 0.25) is 0 Å². The molecule has 6 heteroatoms. The predicted molar refractivity (Wildman–Crippen MR) is 78.5 cm³/mol. The monoisotopic (exact) mass is 311 g/mol. The molecule has 0 spiro atoms. The summed E-state index contributed by atoms with van der Waals surface area (Å²) in [7, 11) is 0. The number of aromatic nitrogens is 1. The normalized spacial score (nSPS) is 12.2. The van der Waals surface area contributed by atoms with Crippen LogP contribution in [0.15, 0.2) is 41.3 Å². The number of halogens is 2. The van der Waals surface area contributed by atoms with Crippen molar-refractivity contribution in [2.45, 2.75) is 13.0 Å². The van der Waals surface area contributed by atoms with Crippen molar-refractivity contribution in [3.8, 4) is 11.1 Å². The van der Waals surface area contributed by atoms with E-state index in [2.05, 4.69) is 0 Å². The lowest BCUT2D eigenvalue weighted by Gasteiger charge is -2.11. The van der Waals surface area contributed by atoms with Crippen LogP contribution in [0.4, 0.5) is 0 Å². The summed E-state index contributed by atoms with van der Waals surface area (Å²) in [4.78, 5) is 22.9. The Hall–Kier alpha value is -1.78. The zero-order valence-corrected chi connectivity index (χ0v) is 12.0. The Labute approximate surface area is 125 Å². The molecule has 1 atom stereocenters. The average molecular weight is 312 g/mol. The van der Waals surface area contributed by atoms with Crippen molar-refractivity contribution < 1.29 is 9.90 Å². The molecule has 1 aromatic heterocycles. The van der Waals surface area contributed by atoms with Gasteiger partial charge in [0.1, 0.15) is 6.04 Å². The smallest absolute Gasteiger partial charge is 0.326 e. The quantitative estimate of drug-likeness (QED) is 0.944. The minimum Gasteiger partial charge on any atom is -0.480 e. The Morgan fingerprint density at radius 2 is 1.95 bits per heavy atom. The molecule has 0 amide bonds. The van der Waals surface area contributed by atoms with Crippen LogP contribution in [-0.4, -0.2) is 15.6 Å². The average Bonchev–Trinajstić information content (AvgIpc) is 2.40. The van der Waals surface area contributed by atoms with Crippen LogP contribution in [0.25, 0.3) is 11.1 Å². The highest BCUT2D eigenvalue weighted by Gasteiger charge is 2.15. The topological polar surface area (TPSA) is 59.3 Å². The number of carbonyl (C=O) groups is 1. The van der Waals surface area contributed by atoms with Crippen LogP contribution in [0.5, 0.6) is 0 Å². The van der Waals surface area contributed by atoms with Gasteiger partial charge in [-0.05, 0) is 36.8 Å². The van der Waals surface area contributed by atoms with Crippen molar-refractivity contribution in [3.05, 3.63) is 56.9 Å². The van der Waals surface area contributed by atoms with Crippen LogP contribution in [-0.2, 0) is 4.79 Å². The van der Waals surface area contributed by atoms with Gasteiger partial charge in [-0.15, -0.1) is 0 Å². The molecule has 0 aliphatic rings. The number of benzene rings is 1. The third-order valence-corrected chi connectivity index (χ3v) is 3.53. The van der Waals surface area contributed by atoms with E-state index in [9.17, 15) is 9.59 Å². The van der Waals surface area contributed by atoms with Crippen LogP contribution in [0, 0.1) is 0 Å². The lowest BCUT2D eigenvalue weighted by Crippen LogP contribution is -2.26. The van der Waals surface area contributed by atoms with Gasteiger partial charge >= 0.3 is 5.97 Å². The summed E-state index contributed by atoms with van der Waals surface area (Å²) in [6.07, 6.45) is 1.44. The molecular formula is C14H11Cl2NO3. The number of carboxylic acids is 1. The summed E-state index contributed by atoms with van der Waals surface area (Å²) < 4.78 is 1.14. The molecule has 104 valence electrons. The lowest BCUT2D eigenvalue weighted by atomic mass is 10.1. The highest BCUT2D eigenvalue weighted by atomic mass is 35.5. The first-order valence-electron chi connectivity index (χ1n) is 5.80. The number of carboxylic acid groups (broad SMARTS) is 1. The fraction of sp³-hybridized carbons (Fsp3) is 0.143. The second-order valence-corrected chi connectivity index (χ2v) is 5.14. The summed E-state index contributed by atoms with van der Waals surface area (Å²) >= 11 is 12.0. The summed E-state index contributed by atoms with van der Waals surface area (Å²) in [6.45, 7) is 1.44. The number of pyridine rings is 1. The fourth-order valence-corrected chi connectivity index (χ4v) is 2.21. The van der Waals surface area contributed by atoms with Crippen LogP contribution in [0.3, 0.4) is 0 Å². The number of hydrogen-bond donors (Lipinski definition) is 1. The van der Waals surface area contributed by atoms with E-state index < -0.39 is 17.6 Å². The van der Waals surface area contributed by atoms with E-state index in [4.69, 9.17) is 28.3 Å². The molecule has 20 heavy (non-hydrogen) atoms. The van der Waals surface area contributed by atoms with Crippen molar-refractivity contribution in [3.63, 3.8) is 0 Å². The third-order valence-electron chi connectivity index (χ3n) is 2.96. The van der Waals surface area contributed by atoms with Crippen molar-refractivity contribution in [2.24, 2.45) is 0 Å². The molecule has 2 rings (SSSR count). The first-order chi connectivity index (χ1) is 9.40. The minimum absolute atomic E-state index is 0.409. The zero-order valence-electron chi connectivity index (χ0n) is 10.5. The van der Waals surface area contributed by atoms with E-state index in [1.807, 2.05) is 0 Å². The van der Waals surface area contributed by atoms with Crippen molar-refractivity contribution >= 4 is 29.2 Å². The summed E-state index contributed by atoms with van der Waals surface area (Å²) in [5.74, 6) is -1.07. The Balaban J connectivity index is 2.51. The molecule has 0 radical (unpaired) electrons. The molecule has 2 aromatic rings. The van der Waals surface area contributed by atoms with E-state index in [1.165, 1.54) is 19.2 Å². The fourth-order valence-electron chi connectivity index (χ4n) is 1.81. The highest BCUT2D eigenvalue weighted by molar-refractivity contribution is 6.35. The van der Waals surface area contributed by atoms with E-state index in [1.54, 1.807) is 24.3 Å². The van der Waals surface area contributed by atoms with Crippen molar-refractivity contribution in [1.29, 1.82) is 0 Å². The molecule has 0 bridgehead atoms. The molecule has 1 unspecified atom stereocenters. The molecule has 1 aromatic carbocycles. The van der Waals surface area contributed by atoms with Crippen LogP contribution in [0.2, 0.25) is 10.0 Å². The van der Waals surface area contributed by atoms with Crippen molar-refractivity contribution in [1.82, 2.24) is 4.57 Å². The van der Waals surface area contributed by atoms with Gasteiger partial charge in [-0.1, -0.05) is 23.2 Å². The van der Waals surface area contributed by atoms with Crippen LogP contribution >= 0.6 is 23.2 Å². The standard InChI is InChI=1S/C14H11Cl2NO3/c1-8(14(19)20)17-5-4-9(6-13(17)18)11-7-10(15)2-3-12(11)16/h2-8H,1H3,(H,19,20). The SMILES string of the molecule is CC(C(=O)O)n1ccc(-c2cc(Cl)ccc2Cl)cc1=O. The number of hydrogen-bond acceptors (Lipinski definition) is 2. The van der Waals surface area contributed by atoms with Gasteiger partial charge in [0.15, 0.2) is 0 Å². The second kappa shape index (κ2) is 5.69. The maximum absolute atomic E-state index is 12.0. The Morgan fingerprint density at radius 3 is 2.55 bits per heavy atom. The van der Waals surface area contributed by atoms with E-state index in [0.29, 0.717) is 21.2 Å². The van der Waals surface area contributed by atoms with E-state index in [0.717, 1.165) is 4.57 Å². The van der Waals surface area contributed by atoms with Gasteiger partial charge in [-0.3, -0.25) is 4.79 Å². The minimum atomic E-state index is -1.07. The molecule has 0 aliphatic heterocycles. The van der Waals surface area contributed by atoms with Gasteiger partial charge in [0.25, 0.3) is 5.56 Å². The molecule has 0 saturated heterocycles. The first-order valence-corrected chi connectivity index (χ1v) is 6.56. The summed E-state index contributed by atoms with van der Waals surface area (Å²) in [5, 5.41) is 9.91. The molecular weight excluding hydrogens is 301 g/mol. The predicted octanol–water partition coefficient (Wildman–Crippen LogP) is 3.47. The number of nitrogens with zero attached hydrogens (tertiary/aromatic N) is 1. The van der Waals surface area contributed by atoms with Gasteiger partial charge in [0.05, 0.1) is 0 Å². The van der Waals surface area contributed by atoms with Crippen molar-refractivity contribution in [2.75, 3.05) is 0 Å². The number of rotatable bonds is 3. The molecule has 0 saturated carbocycles. The van der Waals surface area contributed by atoms with Crippen LogP contribution < -0.4 is 5.56 Å². The number of aliphatic carboxylic acids is 1. The van der Waals surface area contributed by atoms with E-state index >= 15 is 0 Å². The van der Waals surface area contributed by atoms with E-state index in [-0.39, 0.29) is 0 Å². The molecule has 0 aliphatic carbocycles. The zero-order chi connectivity index (χ0) is 14.9. The van der Waals surface area contributed by atoms with Gasteiger partial charge in [-0.2, -0.15) is 0 Å². The van der Waals surface area contributed by atoms with Crippen LogP contribution in [0.1, 0.15) is 13.0 Å².